The first-order valence-corrected chi connectivity index (χ1v) is 11.7. The number of carbonyl (C=O) groups is 1. The Kier molecular flexibility index (Phi) is 8.11. The Bertz CT molecular complexity index is 528. The zero-order chi connectivity index (χ0) is 19.1. The van der Waals surface area contributed by atoms with Crippen LogP contribution in [0.3, 0.4) is 0 Å². The molecule has 2 N–H and O–H groups in total. The van der Waals surface area contributed by atoms with Gasteiger partial charge in [-0.05, 0) is 23.7 Å². The topological polar surface area (TPSA) is 67.8 Å². The van der Waals surface area contributed by atoms with Crippen LogP contribution in [-0.2, 0) is 15.8 Å². The normalized spacial score (nSPS) is 14.7. The van der Waals surface area contributed by atoms with Crippen molar-refractivity contribution in [2.75, 3.05) is 13.2 Å². The van der Waals surface area contributed by atoms with E-state index < -0.39 is 14.4 Å². The molecule has 0 aliphatic heterocycles. The minimum Gasteiger partial charge on any atom is -0.445 e. The summed E-state index contributed by atoms with van der Waals surface area (Å²) in [5.74, 6) is -0.117. The Morgan fingerprint density at radius 1 is 1.24 bits per heavy atom. The average molecular weight is 368 g/mol. The molecule has 0 spiro atoms. The first-order chi connectivity index (χ1) is 11.6. The summed E-state index contributed by atoms with van der Waals surface area (Å²) < 4.78 is 11.5. The fraction of sp³-hybridized carbons (Fsp3) is 0.632. The second kappa shape index (κ2) is 9.36. The van der Waals surface area contributed by atoms with E-state index in [2.05, 4.69) is 39.2 Å². The lowest BCUT2D eigenvalue weighted by Gasteiger charge is -2.38. The molecule has 0 bridgehead atoms. The lowest BCUT2D eigenvalue weighted by molar-refractivity contribution is 0.112. The Morgan fingerprint density at radius 3 is 2.36 bits per heavy atom. The molecule has 6 heteroatoms. The van der Waals surface area contributed by atoms with Gasteiger partial charge in [0.25, 0.3) is 0 Å². The van der Waals surface area contributed by atoms with E-state index in [0.29, 0.717) is 6.61 Å². The Morgan fingerprint density at radius 2 is 1.84 bits per heavy atom. The van der Waals surface area contributed by atoms with Crippen LogP contribution in [0.4, 0.5) is 4.79 Å². The van der Waals surface area contributed by atoms with Crippen LogP contribution in [0.1, 0.15) is 33.3 Å². The molecule has 25 heavy (non-hydrogen) atoms. The molecule has 1 rings (SSSR count). The van der Waals surface area contributed by atoms with Gasteiger partial charge in [0.05, 0.1) is 12.6 Å². The number of ether oxygens (including phenoxy) is 1. The number of carbonyl (C=O) groups excluding carboxylic acids is 1. The number of aliphatic hydroxyl groups excluding tert-OH is 1. The van der Waals surface area contributed by atoms with Gasteiger partial charge in [-0.3, -0.25) is 0 Å². The SMILES string of the molecule is C[C@@H](CO)[C@@H](CO[Si](C)(C)C(C)(C)C)NC(=O)OCc1ccccc1. The highest BCUT2D eigenvalue weighted by Gasteiger charge is 2.38. The van der Waals surface area contributed by atoms with Crippen molar-refractivity contribution in [3.8, 4) is 0 Å². The first kappa shape index (κ1) is 21.7. The molecule has 0 radical (unpaired) electrons. The quantitative estimate of drug-likeness (QED) is 0.683. The second-order valence-electron chi connectivity index (χ2n) is 8.04. The van der Waals surface area contributed by atoms with Crippen LogP contribution in [-0.4, -0.2) is 38.8 Å². The van der Waals surface area contributed by atoms with Gasteiger partial charge in [-0.1, -0.05) is 58.0 Å². The van der Waals surface area contributed by atoms with E-state index >= 15 is 0 Å². The molecule has 0 saturated heterocycles. The van der Waals surface area contributed by atoms with Crippen LogP contribution in [0.5, 0.6) is 0 Å². The van der Waals surface area contributed by atoms with E-state index in [1.54, 1.807) is 0 Å². The Hall–Kier alpha value is -1.37. The fourth-order valence-corrected chi connectivity index (χ4v) is 2.94. The molecular weight excluding hydrogens is 334 g/mol. The summed E-state index contributed by atoms with van der Waals surface area (Å²) in [6, 6.07) is 9.24. The molecule has 0 aromatic heterocycles. The van der Waals surface area contributed by atoms with Crippen molar-refractivity contribution in [1.82, 2.24) is 5.32 Å². The molecule has 0 heterocycles. The molecule has 0 saturated carbocycles. The largest absolute Gasteiger partial charge is 0.445 e. The van der Waals surface area contributed by atoms with Crippen molar-refractivity contribution >= 4 is 14.4 Å². The number of aliphatic hydroxyl groups is 1. The maximum Gasteiger partial charge on any atom is 0.407 e. The first-order valence-electron chi connectivity index (χ1n) is 8.79. The van der Waals surface area contributed by atoms with Crippen molar-refractivity contribution in [3.63, 3.8) is 0 Å². The molecule has 2 atom stereocenters. The summed E-state index contributed by atoms with van der Waals surface area (Å²) in [6.45, 7) is 13.3. The van der Waals surface area contributed by atoms with Gasteiger partial charge >= 0.3 is 6.09 Å². The lowest BCUT2D eigenvalue weighted by atomic mass is 10.0. The van der Waals surface area contributed by atoms with Crippen molar-refractivity contribution < 1.29 is 19.1 Å². The number of rotatable bonds is 8. The van der Waals surface area contributed by atoms with Gasteiger partial charge in [0.15, 0.2) is 8.32 Å². The van der Waals surface area contributed by atoms with Gasteiger partial charge in [-0.15, -0.1) is 0 Å². The molecule has 0 aliphatic rings. The maximum absolute atomic E-state index is 12.1. The number of hydrogen-bond acceptors (Lipinski definition) is 4. The van der Waals surface area contributed by atoms with E-state index in [1.807, 2.05) is 37.3 Å². The van der Waals surface area contributed by atoms with Crippen LogP contribution in [0.25, 0.3) is 0 Å². The van der Waals surface area contributed by atoms with Gasteiger partial charge in [0, 0.05) is 12.5 Å². The van der Waals surface area contributed by atoms with Crippen molar-refractivity contribution in [1.29, 1.82) is 0 Å². The molecule has 1 aromatic rings. The monoisotopic (exact) mass is 367 g/mol. The van der Waals surface area contributed by atoms with Crippen LogP contribution in [0, 0.1) is 5.92 Å². The fourth-order valence-electron chi connectivity index (χ4n) is 1.91. The summed E-state index contributed by atoms with van der Waals surface area (Å²) in [7, 11) is -1.92. The molecule has 5 nitrogen and oxygen atoms in total. The van der Waals surface area contributed by atoms with E-state index in [9.17, 15) is 9.90 Å². The van der Waals surface area contributed by atoms with Crippen molar-refractivity contribution in [3.05, 3.63) is 35.9 Å². The molecular formula is C19H33NO4Si. The molecule has 142 valence electrons. The molecule has 1 amide bonds. The van der Waals surface area contributed by atoms with Gasteiger partial charge in [-0.2, -0.15) is 0 Å². The molecule has 0 fully saturated rings. The zero-order valence-electron chi connectivity index (χ0n) is 16.3. The Labute approximate surface area is 152 Å². The zero-order valence-corrected chi connectivity index (χ0v) is 17.3. The number of hydrogen-bond donors (Lipinski definition) is 2. The van der Waals surface area contributed by atoms with Crippen LogP contribution in [0.2, 0.25) is 18.1 Å². The predicted molar refractivity (Wildman–Crippen MR) is 103 cm³/mol. The van der Waals surface area contributed by atoms with Crippen LogP contribution < -0.4 is 5.32 Å². The smallest absolute Gasteiger partial charge is 0.407 e. The maximum atomic E-state index is 12.1. The number of benzene rings is 1. The molecule has 0 unspecified atom stereocenters. The summed E-state index contributed by atoms with van der Waals surface area (Å²) in [5.41, 5.74) is 0.932. The van der Waals surface area contributed by atoms with Gasteiger partial charge in [0.1, 0.15) is 6.61 Å². The van der Waals surface area contributed by atoms with Crippen molar-refractivity contribution in [2.45, 2.75) is 58.5 Å². The van der Waals surface area contributed by atoms with E-state index in [1.165, 1.54) is 0 Å². The van der Waals surface area contributed by atoms with Crippen LogP contribution in [0.15, 0.2) is 30.3 Å². The summed E-state index contributed by atoms with van der Waals surface area (Å²) in [4.78, 5) is 12.1. The third-order valence-corrected chi connectivity index (χ3v) is 9.42. The van der Waals surface area contributed by atoms with E-state index in [4.69, 9.17) is 9.16 Å². The average Bonchev–Trinajstić information content (AvgIpc) is 2.56. The highest BCUT2D eigenvalue weighted by Crippen LogP contribution is 2.36. The predicted octanol–water partition coefficient (Wildman–Crippen LogP) is 3.93. The lowest BCUT2D eigenvalue weighted by Crippen LogP contribution is -2.49. The van der Waals surface area contributed by atoms with Crippen LogP contribution >= 0.6 is 0 Å². The minimum absolute atomic E-state index is 0.0233. The molecule has 1 aromatic carbocycles. The van der Waals surface area contributed by atoms with Gasteiger partial charge < -0.3 is 19.6 Å². The number of amides is 1. The Balaban J connectivity index is 2.59. The summed E-state index contributed by atoms with van der Waals surface area (Å²) in [5, 5.41) is 12.4. The summed E-state index contributed by atoms with van der Waals surface area (Å²) in [6.07, 6.45) is -0.493. The van der Waals surface area contributed by atoms with Gasteiger partial charge in [0.2, 0.25) is 0 Å². The van der Waals surface area contributed by atoms with Gasteiger partial charge in [-0.25, -0.2) is 4.79 Å². The standard InChI is InChI=1S/C19H33NO4Si/c1-15(12-21)17(14-24-25(5,6)19(2,3)4)20-18(22)23-13-16-10-8-7-9-11-16/h7-11,15,17,21H,12-14H2,1-6H3,(H,20,22)/t15-,17+/m0/s1. The third-order valence-electron chi connectivity index (χ3n) is 4.92. The van der Waals surface area contributed by atoms with E-state index in [0.717, 1.165) is 5.56 Å². The highest BCUT2D eigenvalue weighted by molar-refractivity contribution is 6.74. The molecule has 0 aliphatic carbocycles. The second-order valence-corrected chi connectivity index (χ2v) is 12.9. The van der Waals surface area contributed by atoms with E-state index in [-0.39, 0.29) is 30.2 Å². The van der Waals surface area contributed by atoms with Crippen molar-refractivity contribution in [2.24, 2.45) is 5.92 Å². The third kappa shape index (κ3) is 7.18. The number of nitrogens with one attached hydrogen (secondary N) is 1. The highest BCUT2D eigenvalue weighted by atomic mass is 28.4. The number of alkyl carbamates (subject to hydrolysis) is 1. The summed E-state index contributed by atoms with van der Waals surface area (Å²) >= 11 is 0. The minimum atomic E-state index is -1.92.